The van der Waals surface area contributed by atoms with Gasteiger partial charge in [0.25, 0.3) is 0 Å². The van der Waals surface area contributed by atoms with Crippen LogP contribution >= 0.6 is 11.8 Å². The number of nitrogens with zero attached hydrogens (tertiary/aromatic N) is 2. The third kappa shape index (κ3) is 3.81. The van der Waals surface area contributed by atoms with Crippen LogP contribution in [0, 0.1) is 13.8 Å². The number of nitrogens with one attached hydrogen (secondary N) is 1. The molecule has 5 heteroatoms. The predicted octanol–water partition coefficient (Wildman–Crippen LogP) is 5.19. The van der Waals surface area contributed by atoms with E-state index in [1.165, 1.54) is 0 Å². The highest BCUT2D eigenvalue weighted by Crippen LogP contribution is 2.37. The summed E-state index contributed by atoms with van der Waals surface area (Å²) in [5.74, 6) is 0.809. The first kappa shape index (κ1) is 15.4. The van der Waals surface area contributed by atoms with Crippen molar-refractivity contribution in [1.29, 1.82) is 0 Å². The second-order valence-corrected chi connectivity index (χ2v) is 6.04. The Balaban J connectivity index is 1.78. The lowest BCUT2D eigenvalue weighted by Crippen LogP contribution is -1.79. The van der Waals surface area contributed by atoms with Crippen molar-refractivity contribution in [3.63, 3.8) is 0 Å². The van der Waals surface area contributed by atoms with E-state index in [4.69, 9.17) is 4.42 Å². The molecule has 4 nitrogen and oxygen atoms in total. The van der Waals surface area contributed by atoms with Crippen molar-refractivity contribution in [2.24, 2.45) is 4.99 Å². The number of aromatic nitrogens is 2. The Morgan fingerprint density at radius 3 is 2.78 bits per heavy atom. The van der Waals surface area contributed by atoms with Gasteiger partial charge in [-0.1, -0.05) is 23.9 Å². The van der Waals surface area contributed by atoms with Crippen LogP contribution in [-0.4, -0.2) is 16.4 Å². The Hall–Kier alpha value is -2.53. The summed E-state index contributed by atoms with van der Waals surface area (Å²) in [6.07, 6.45) is 7.17. The second-order valence-electron chi connectivity index (χ2n) is 4.99. The summed E-state index contributed by atoms with van der Waals surface area (Å²) in [5, 5.41) is 7.25. The van der Waals surface area contributed by atoms with Crippen LogP contribution in [0.4, 0.5) is 5.69 Å². The van der Waals surface area contributed by atoms with Gasteiger partial charge in [-0.3, -0.25) is 10.1 Å². The minimum Gasteiger partial charge on any atom is -0.465 e. The number of aryl methyl sites for hydroxylation is 2. The number of H-pyrrole nitrogens is 1. The fourth-order valence-electron chi connectivity index (χ4n) is 2.10. The lowest BCUT2D eigenvalue weighted by molar-refractivity contribution is 0.557. The number of aromatic amines is 1. The third-order valence-electron chi connectivity index (χ3n) is 3.24. The highest BCUT2D eigenvalue weighted by atomic mass is 32.2. The Labute approximate surface area is 139 Å². The van der Waals surface area contributed by atoms with Crippen LogP contribution in [-0.2, 0) is 0 Å². The molecular weight excluding hydrogens is 306 g/mol. The second kappa shape index (κ2) is 7.15. The molecule has 0 unspecified atom stereocenters. The van der Waals surface area contributed by atoms with Gasteiger partial charge in [0.2, 0.25) is 0 Å². The van der Waals surface area contributed by atoms with Gasteiger partial charge in [0.15, 0.2) is 0 Å². The van der Waals surface area contributed by atoms with Gasteiger partial charge in [-0.15, -0.1) is 0 Å². The number of allylic oxidation sites excluding steroid dienone is 1. The fraction of sp³-hybridized carbons (Fsp3) is 0.111. The monoisotopic (exact) mass is 323 g/mol. The van der Waals surface area contributed by atoms with Crippen LogP contribution in [0.15, 0.2) is 67.9 Å². The Morgan fingerprint density at radius 1 is 1.17 bits per heavy atom. The van der Waals surface area contributed by atoms with Crippen LogP contribution in [0.5, 0.6) is 0 Å². The molecule has 0 aliphatic rings. The maximum atomic E-state index is 5.24. The smallest absolute Gasteiger partial charge is 0.126 e. The third-order valence-corrected chi connectivity index (χ3v) is 4.61. The first-order valence-corrected chi connectivity index (χ1v) is 8.08. The van der Waals surface area contributed by atoms with Crippen molar-refractivity contribution in [2.45, 2.75) is 23.6 Å². The molecule has 3 aromatic rings. The van der Waals surface area contributed by atoms with E-state index in [-0.39, 0.29) is 0 Å². The van der Waals surface area contributed by atoms with Crippen molar-refractivity contribution in [3.8, 4) is 0 Å². The van der Waals surface area contributed by atoms with Crippen LogP contribution in [0.2, 0.25) is 0 Å². The molecule has 0 amide bonds. The maximum absolute atomic E-state index is 5.24. The van der Waals surface area contributed by atoms with Crippen LogP contribution in [0.1, 0.15) is 17.1 Å². The highest BCUT2D eigenvalue weighted by Gasteiger charge is 2.10. The van der Waals surface area contributed by atoms with E-state index in [1.54, 1.807) is 24.2 Å². The zero-order valence-corrected chi connectivity index (χ0v) is 13.8. The van der Waals surface area contributed by atoms with Gasteiger partial charge in [0.05, 0.1) is 22.5 Å². The zero-order valence-electron chi connectivity index (χ0n) is 13.0. The normalized spacial score (nSPS) is 11.7. The summed E-state index contributed by atoms with van der Waals surface area (Å²) < 4.78 is 5.24. The summed E-state index contributed by atoms with van der Waals surface area (Å²) in [5.41, 5.74) is 3.01. The van der Waals surface area contributed by atoms with Crippen molar-refractivity contribution in [1.82, 2.24) is 10.2 Å². The molecule has 2 heterocycles. The number of furan rings is 1. The molecule has 0 fully saturated rings. The van der Waals surface area contributed by atoms with Gasteiger partial charge in [-0.2, -0.15) is 5.10 Å². The van der Waals surface area contributed by atoms with Crippen molar-refractivity contribution in [3.05, 3.63) is 65.9 Å². The SMILES string of the molecule is Cc1n[nH]c(C)c1Sc1ccccc1N=C/C=C/c1ccco1. The molecule has 116 valence electrons. The minimum atomic E-state index is 0.809. The molecule has 0 saturated heterocycles. The zero-order chi connectivity index (χ0) is 16.1. The molecule has 3 rings (SSSR count). The van der Waals surface area contributed by atoms with Gasteiger partial charge < -0.3 is 4.42 Å². The molecule has 1 N–H and O–H groups in total. The fourth-order valence-corrected chi connectivity index (χ4v) is 3.08. The van der Waals surface area contributed by atoms with Gasteiger partial charge >= 0.3 is 0 Å². The van der Waals surface area contributed by atoms with Crippen LogP contribution in [0.3, 0.4) is 0 Å². The lowest BCUT2D eigenvalue weighted by atomic mass is 10.3. The van der Waals surface area contributed by atoms with Crippen LogP contribution in [0.25, 0.3) is 6.08 Å². The van der Waals surface area contributed by atoms with Gasteiger partial charge in [-0.05, 0) is 50.3 Å². The first-order chi connectivity index (χ1) is 11.2. The maximum Gasteiger partial charge on any atom is 0.126 e. The summed E-state index contributed by atoms with van der Waals surface area (Å²) in [7, 11) is 0. The molecule has 0 aliphatic heterocycles. The van der Waals surface area contributed by atoms with E-state index in [0.29, 0.717) is 0 Å². The number of rotatable bonds is 5. The van der Waals surface area contributed by atoms with Gasteiger partial charge in [0, 0.05) is 16.8 Å². The van der Waals surface area contributed by atoms with E-state index < -0.39 is 0 Å². The predicted molar refractivity (Wildman–Crippen MR) is 94.5 cm³/mol. The summed E-state index contributed by atoms with van der Waals surface area (Å²) in [4.78, 5) is 6.79. The number of hydrogen-bond acceptors (Lipinski definition) is 4. The van der Waals surface area contributed by atoms with E-state index in [1.807, 2.05) is 56.3 Å². The molecule has 0 bridgehead atoms. The molecule has 0 radical (unpaired) electrons. The Bertz CT molecular complexity index is 812. The first-order valence-electron chi connectivity index (χ1n) is 7.27. The van der Waals surface area contributed by atoms with Crippen molar-refractivity contribution in [2.75, 3.05) is 0 Å². The summed E-state index contributed by atoms with van der Waals surface area (Å²) >= 11 is 1.68. The molecule has 0 aliphatic carbocycles. The molecule has 0 spiro atoms. The summed E-state index contributed by atoms with van der Waals surface area (Å²) in [6, 6.07) is 11.8. The van der Waals surface area contributed by atoms with Gasteiger partial charge in [-0.25, -0.2) is 0 Å². The molecule has 0 atom stereocenters. The van der Waals surface area contributed by atoms with Crippen LogP contribution < -0.4 is 0 Å². The Morgan fingerprint density at radius 2 is 2.04 bits per heavy atom. The standard InChI is InChI=1S/C18H17N3OS/c1-13-18(14(2)21-20-13)23-17-10-4-3-9-16(17)19-11-5-7-15-8-6-12-22-15/h3-12H,1-2H3,(H,20,21)/b7-5+,19-11?. The largest absolute Gasteiger partial charge is 0.465 e. The average molecular weight is 323 g/mol. The average Bonchev–Trinajstić information content (AvgIpc) is 3.18. The van der Waals surface area contributed by atoms with Crippen molar-refractivity contribution >= 4 is 29.7 Å². The van der Waals surface area contributed by atoms with E-state index in [2.05, 4.69) is 21.3 Å². The number of hydrogen-bond donors (Lipinski definition) is 1. The van der Waals surface area contributed by atoms with E-state index >= 15 is 0 Å². The van der Waals surface area contributed by atoms with Crippen molar-refractivity contribution < 1.29 is 4.42 Å². The van der Waals surface area contributed by atoms with Gasteiger partial charge in [0.1, 0.15) is 5.76 Å². The number of aliphatic imine (C=N–C) groups is 1. The molecule has 2 aromatic heterocycles. The number of para-hydroxylation sites is 1. The molecular formula is C18H17N3OS. The Kier molecular flexibility index (Phi) is 4.78. The molecule has 0 saturated carbocycles. The highest BCUT2D eigenvalue weighted by molar-refractivity contribution is 7.99. The van der Waals surface area contributed by atoms with E-state index in [0.717, 1.165) is 32.6 Å². The minimum absolute atomic E-state index is 0.809. The molecule has 23 heavy (non-hydrogen) atoms. The molecule has 1 aromatic carbocycles. The quantitative estimate of drug-likeness (QED) is 0.658. The number of benzene rings is 1. The topological polar surface area (TPSA) is 54.2 Å². The summed E-state index contributed by atoms with van der Waals surface area (Å²) in [6.45, 7) is 4.03. The lowest BCUT2D eigenvalue weighted by Gasteiger charge is -2.05. The van der Waals surface area contributed by atoms with E-state index in [9.17, 15) is 0 Å².